The van der Waals surface area contributed by atoms with Crippen LogP contribution in [0.2, 0.25) is 0 Å². The molecule has 0 aliphatic heterocycles. The summed E-state index contributed by atoms with van der Waals surface area (Å²) in [6, 6.07) is 0. The minimum Gasteiger partial charge on any atom is -0.379 e. The predicted molar refractivity (Wildman–Crippen MR) is 54.4 cm³/mol. The summed E-state index contributed by atoms with van der Waals surface area (Å²) in [4.78, 5) is 0. The fraction of sp³-hybridized carbons (Fsp3) is 1.00. The maximum absolute atomic E-state index is 5.63. The Morgan fingerprint density at radius 1 is 1.25 bits per heavy atom. The topological polar surface area (TPSA) is 9.23 Å². The molecule has 0 aromatic rings. The molecule has 1 heteroatoms. The van der Waals surface area contributed by atoms with Crippen LogP contribution in [0.4, 0.5) is 0 Å². The van der Waals surface area contributed by atoms with Gasteiger partial charge in [-0.1, -0.05) is 34.1 Å². The highest BCUT2D eigenvalue weighted by molar-refractivity contribution is 4.65. The van der Waals surface area contributed by atoms with Crippen LogP contribution in [-0.2, 0) is 4.74 Å². The molecule has 0 aliphatic rings. The van der Waals surface area contributed by atoms with Gasteiger partial charge < -0.3 is 4.74 Å². The summed E-state index contributed by atoms with van der Waals surface area (Å²) in [7, 11) is 0. The lowest BCUT2D eigenvalue weighted by molar-refractivity contribution is 0.0439. The van der Waals surface area contributed by atoms with Crippen molar-refractivity contribution in [1.82, 2.24) is 0 Å². The second-order valence-corrected chi connectivity index (χ2v) is 4.36. The van der Waals surface area contributed by atoms with Crippen molar-refractivity contribution in [2.75, 3.05) is 6.61 Å². The molecular formula is C11H24O. The number of ether oxygens (including phenoxy) is 1. The Balaban J connectivity index is 3.42. The van der Waals surface area contributed by atoms with Crippen LogP contribution in [0.25, 0.3) is 0 Å². The molecule has 12 heavy (non-hydrogen) atoms. The van der Waals surface area contributed by atoms with E-state index in [9.17, 15) is 0 Å². The van der Waals surface area contributed by atoms with Gasteiger partial charge in [0.15, 0.2) is 0 Å². The molecule has 0 saturated carbocycles. The van der Waals surface area contributed by atoms with Gasteiger partial charge in [0.1, 0.15) is 0 Å². The molecule has 0 rings (SSSR count). The molecule has 74 valence electrons. The van der Waals surface area contributed by atoms with Crippen molar-refractivity contribution in [2.24, 2.45) is 5.41 Å². The van der Waals surface area contributed by atoms with Crippen molar-refractivity contribution < 1.29 is 4.74 Å². The summed E-state index contributed by atoms with van der Waals surface area (Å²) >= 11 is 0. The molecule has 0 saturated heterocycles. The predicted octanol–water partition coefficient (Wildman–Crippen LogP) is 3.63. The molecule has 0 fully saturated rings. The summed E-state index contributed by atoms with van der Waals surface area (Å²) in [5, 5.41) is 0. The first-order valence-corrected chi connectivity index (χ1v) is 5.13. The maximum atomic E-state index is 5.63. The Bertz CT molecular complexity index is 108. The largest absolute Gasteiger partial charge is 0.379 e. The lowest BCUT2D eigenvalue weighted by atomic mass is 9.87. The molecule has 0 amide bonds. The Labute approximate surface area is 77.5 Å². The Kier molecular flexibility index (Phi) is 5.56. The minimum absolute atomic E-state index is 0.428. The van der Waals surface area contributed by atoms with E-state index in [1.54, 1.807) is 0 Å². The van der Waals surface area contributed by atoms with Crippen molar-refractivity contribution in [1.29, 1.82) is 0 Å². The Morgan fingerprint density at radius 3 is 2.25 bits per heavy atom. The fourth-order valence-corrected chi connectivity index (χ4v) is 0.831. The first-order chi connectivity index (χ1) is 5.52. The summed E-state index contributed by atoms with van der Waals surface area (Å²) in [6.07, 6.45) is 3.95. The average Bonchev–Trinajstić information content (AvgIpc) is 2.04. The molecule has 0 aromatic heterocycles. The smallest absolute Gasteiger partial charge is 0.0544 e. The summed E-state index contributed by atoms with van der Waals surface area (Å²) in [5.74, 6) is 0. The van der Waals surface area contributed by atoms with E-state index >= 15 is 0 Å². The van der Waals surface area contributed by atoms with E-state index in [0.29, 0.717) is 11.5 Å². The Morgan fingerprint density at radius 2 is 1.83 bits per heavy atom. The minimum atomic E-state index is 0.428. The monoisotopic (exact) mass is 172 g/mol. The first-order valence-electron chi connectivity index (χ1n) is 5.13. The van der Waals surface area contributed by atoms with Crippen LogP contribution in [0.1, 0.15) is 53.9 Å². The van der Waals surface area contributed by atoms with Gasteiger partial charge in [-0.25, -0.2) is 0 Å². The normalized spacial score (nSPS) is 14.8. The summed E-state index contributed by atoms with van der Waals surface area (Å²) in [6.45, 7) is 12.0. The van der Waals surface area contributed by atoms with Crippen LogP contribution in [0.3, 0.4) is 0 Å². The van der Waals surface area contributed by atoms with Gasteiger partial charge in [-0.3, -0.25) is 0 Å². The van der Waals surface area contributed by atoms with Gasteiger partial charge >= 0.3 is 0 Å². The van der Waals surface area contributed by atoms with Crippen LogP contribution in [0.15, 0.2) is 0 Å². The third-order valence-electron chi connectivity index (χ3n) is 2.71. The second kappa shape index (κ2) is 5.58. The molecule has 1 atom stereocenters. The zero-order valence-electron chi connectivity index (χ0n) is 9.31. The molecule has 0 radical (unpaired) electrons. The zero-order valence-corrected chi connectivity index (χ0v) is 9.31. The van der Waals surface area contributed by atoms with E-state index in [4.69, 9.17) is 4.74 Å². The van der Waals surface area contributed by atoms with Crippen LogP contribution >= 0.6 is 0 Å². The molecule has 0 heterocycles. The van der Waals surface area contributed by atoms with E-state index in [1.165, 1.54) is 12.8 Å². The van der Waals surface area contributed by atoms with Gasteiger partial charge in [-0.05, 0) is 25.2 Å². The molecule has 0 aliphatic carbocycles. The third-order valence-corrected chi connectivity index (χ3v) is 2.71. The van der Waals surface area contributed by atoms with Crippen molar-refractivity contribution >= 4 is 0 Å². The zero-order chi connectivity index (χ0) is 9.61. The molecule has 1 nitrogen and oxygen atoms in total. The van der Waals surface area contributed by atoms with Crippen LogP contribution in [0, 0.1) is 5.41 Å². The molecular weight excluding hydrogens is 148 g/mol. The standard InChI is InChI=1S/C11H24O/c1-6-10(3)12-9-8-11(4,5)7-2/h10H,6-9H2,1-5H3. The SMILES string of the molecule is CCC(C)OCCC(C)(C)CC. The lowest BCUT2D eigenvalue weighted by Crippen LogP contribution is -2.16. The van der Waals surface area contributed by atoms with E-state index in [-0.39, 0.29) is 0 Å². The molecule has 0 bridgehead atoms. The van der Waals surface area contributed by atoms with Crippen molar-refractivity contribution in [3.63, 3.8) is 0 Å². The fourth-order valence-electron chi connectivity index (χ4n) is 0.831. The van der Waals surface area contributed by atoms with E-state index in [2.05, 4.69) is 34.6 Å². The van der Waals surface area contributed by atoms with Gasteiger partial charge in [0.2, 0.25) is 0 Å². The second-order valence-electron chi connectivity index (χ2n) is 4.36. The number of hydrogen-bond acceptors (Lipinski definition) is 1. The van der Waals surface area contributed by atoms with Gasteiger partial charge in [0.25, 0.3) is 0 Å². The van der Waals surface area contributed by atoms with Crippen molar-refractivity contribution in [2.45, 2.75) is 60.0 Å². The van der Waals surface area contributed by atoms with Gasteiger partial charge in [0.05, 0.1) is 6.10 Å². The highest BCUT2D eigenvalue weighted by Crippen LogP contribution is 2.24. The van der Waals surface area contributed by atoms with Gasteiger partial charge in [-0.2, -0.15) is 0 Å². The molecule has 0 aromatic carbocycles. The quantitative estimate of drug-likeness (QED) is 0.594. The van der Waals surface area contributed by atoms with Crippen LogP contribution in [-0.4, -0.2) is 12.7 Å². The lowest BCUT2D eigenvalue weighted by Gasteiger charge is -2.23. The highest BCUT2D eigenvalue weighted by atomic mass is 16.5. The highest BCUT2D eigenvalue weighted by Gasteiger charge is 2.14. The molecule has 1 unspecified atom stereocenters. The Hall–Kier alpha value is -0.0400. The first kappa shape index (κ1) is 12.0. The number of rotatable bonds is 6. The molecule has 0 spiro atoms. The third kappa shape index (κ3) is 5.59. The van der Waals surface area contributed by atoms with E-state index in [0.717, 1.165) is 13.0 Å². The summed E-state index contributed by atoms with van der Waals surface area (Å²) < 4.78 is 5.63. The molecule has 0 N–H and O–H groups in total. The number of hydrogen-bond donors (Lipinski definition) is 0. The van der Waals surface area contributed by atoms with Crippen LogP contribution < -0.4 is 0 Å². The van der Waals surface area contributed by atoms with Crippen LogP contribution in [0.5, 0.6) is 0 Å². The summed E-state index contributed by atoms with van der Waals surface area (Å²) in [5.41, 5.74) is 0.452. The van der Waals surface area contributed by atoms with Crippen molar-refractivity contribution in [3.8, 4) is 0 Å². The van der Waals surface area contributed by atoms with Gasteiger partial charge in [-0.15, -0.1) is 0 Å². The van der Waals surface area contributed by atoms with Gasteiger partial charge in [0, 0.05) is 6.61 Å². The van der Waals surface area contributed by atoms with Crippen molar-refractivity contribution in [3.05, 3.63) is 0 Å². The van der Waals surface area contributed by atoms with E-state index < -0.39 is 0 Å². The maximum Gasteiger partial charge on any atom is 0.0544 e. The van der Waals surface area contributed by atoms with E-state index in [1.807, 2.05) is 0 Å². The average molecular weight is 172 g/mol.